The van der Waals surface area contributed by atoms with Crippen molar-refractivity contribution in [3.63, 3.8) is 0 Å². The molecule has 4 rings (SSSR count). The third kappa shape index (κ3) is 3.79. The third-order valence-corrected chi connectivity index (χ3v) is 6.78. The predicted octanol–water partition coefficient (Wildman–Crippen LogP) is 4.59. The standard InChI is InChI=1S/C21H28ClN3O3/c22-16-6-4-5-15(13-16)19-14-24(17-7-2-1-3-8-17)20(26)25(19)18-9-11-23(12-10-18)21(27)28/h4-6,13,17-19H,1-3,7-12,14H2,(H,27,28)/t19-/m0/s1. The van der Waals surface area contributed by atoms with Gasteiger partial charge in [0.15, 0.2) is 0 Å². The quantitative estimate of drug-likeness (QED) is 0.799. The van der Waals surface area contributed by atoms with Crippen molar-refractivity contribution in [3.8, 4) is 0 Å². The number of hydrogen-bond acceptors (Lipinski definition) is 2. The maximum atomic E-state index is 13.5. The van der Waals surface area contributed by atoms with Crippen LogP contribution in [0.3, 0.4) is 0 Å². The Morgan fingerprint density at radius 1 is 1.04 bits per heavy atom. The van der Waals surface area contributed by atoms with Crippen LogP contribution in [-0.2, 0) is 0 Å². The minimum Gasteiger partial charge on any atom is -0.465 e. The number of hydrogen-bond donors (Lipinski definition) is 1. The number of benzene rings is 1. The summed E-state index contributed by atoms with van der Waals surface area (Å²) in [7, 11) is 0. The van der Waals surface area contributed by atoms with Gasteiger partial charge in [0.1, 0.15) is 0 Å². The second-order valence-corrected chi connectivity index (χ2v) is 8.64. The second-order valence-electron chi connectivity index (χ2n) is 8.21. The summed E-state index contributed by atoms with van der Waals surface area (Å²) >= 11 is 6.24. The molecule has 2 saturated heterocycles. The number of nitrogens with zero attached hydrogens (tertiary/aromatic N) is 3. The maximum absolute atomic E-state index is 13.5. The number of rotatable bonds is 3. The lowest BCUT2D eigenvalue weighted by atomic mass is 9.94. The topological polar surface area (TPSA) is 64.1 Å². The fourth-order valence-electron chi connectivity index (χ4n) is 5.06. The summed E-state index contributed by atoms with van der Waals surface area (Å²) in [5, 5.41) is 9.92. The Balaban J connectivity index is 1.58. The average molecular weight is 406 g/mol. The van der Waals surface area contributed by atoms with Gasteiger partial charge in [0.2, 0.25) is 0 Å². The first-order chi connectivity index (χ1) is 13.5. The molecule has 0 unspecified atom stereocenters. The number of carboxylic acid groups (broad SMARTS) is 1. The van der Waals surface area contributed by atoms with Crippen LogP contribution < -0.4 is 0 Å². The molecule has 1 aromatic rings. The molecule has 1 atom stereocenters. The molecule has 3 aliphatic rings. The molecule has 2 aliphatic heterocycles. The van der Waals surface area contributed by atoms with Gasteiger partial charge in [-0.2, -0.15) is 0 Å². The fourth-order valence-corrected chi connectivity index (χ4v) is 5.26. The Kier molecular flexibility index (Phi) is 5.67. The van der Waals surface area contributed by atoms with Gasteiger partial charge < -0.3 is 19.8 Å². The largest absolute Gasteiger partial charge is 0.465 e. The number of halogens is 1. The van der Waals surface area contributed by atoms with E-state index in [9.17, 15) is 14.7 Å². The normalized spacial score (nSPS) is 24.8. The first-order valence-electron chi connectivity index (χ1n) is 10.4. The SMILES string of the molecule is O=C(O)N1CCC(N2C(=O)N(C3CCCCC3)C[C@H]2c2cccc(Cl)c2)CC1. The van der Waals surface area contributed by atoms with Crippen LogP contribution in [0, 0.1) is 0 Å². The highest BCUT2D eigenvalue weighted by molar-refractivity contribution is 6.30. The van der Waals surface area contributed by atoms with Crippen LogP contribution >= 0.6 is 11.6 Å². The molecule has 3 amide bonds. The molecule has 1 aromatic carbocycles. The number of carbonyl (C=O) groups is 2. The van der Waals surface area contributed by atoms with E-state index in [0.29, 0.717) is 43.5 Å². The van der Waals surface area contributed by atoms with Gasteiger partial charge in [0.25, 0.3) is 0 Å². The molecule has 152 valence electrons. The van der Waals surface area contributed by atoms with E-state index in [1.54, 1.807) is 0 Å². The Morgan fingerprint density at radius 2 is 1.75 bits per heavy atom. The Labute approximate surface area is 171 Å². The lowest BCUT2D eigenvalue weighted by molar-refractivity contribution is 0.0980. The minimum absolute atomic E-state index is 0.0190. The van der Waals surface area contributed by atoms with E-state index in [-0.39, 0.29) is 18.1 Å². The van der Waals surface area contributed by atoms with Gasteiger partial charge in [-0.15, -0.1) is 0 Å². The van der Waals surface area contributed by atoms with E-state index < -0.39 is 6.09 Å². The molecular weight excluding hydrogens is 378 g/mol. The number of likely N-dealkylation sites (tertiary alicyclic amines) is 1. The van der Waals surface area contributed by atoms with Crippen molar-refractivity contribution in [3.05, 3.63) is 34.9 Å². The Hall–Kier alpha value is -1.95. The summed E-state index contributed by atoms with van der Waals surface area (Å²) in [5.74, 6) is 0. The van der Waals surface area contributed by atoms with Crippen molar-refractivity contribution in [2.24, 2.45) is 0 Å². The predicted molar refractivity (Wildman–Crippen MR) is 108 cm³/mol. The lowest BCUT2D eigenvalue weighted by Crippen LogP contribution is -2.49. The molecule has 7 heteroatoms. The Morgan fingerprint density at radius 3 is 2.39 bits per heavy atom. The highest BCUT2D eigenvalue weighted by atomic mass is 35.5. The average Bonchev–Trinajstić information content (AvgIpc) is 3.06. The van der Waals surface area contributed by atoms with Crippen LogP contribution in [-0.4, -0.2) is 63.6 Å². The summed E-state index contributed by atoms with van der Waals surface area (Å²) in [5.41, 5.74) is 1.07. The van der Waals surface area contributed by atoms with Crippen molar-refractivity contribution < 1.29 is 14.7 Å². The summed E-state index contributed by atoms with van der Waals surface area (Å²) in [6.45, 7) is 1.66. The van der Waals surface area contributed by atoms with Crippen LogP contribution in [0.4, 0.5) is 9.59 Å². The van der Waals surface area contributed by atoms with Gasteiger partial charge in [-0.25, -0.2) is 9.59 Å². The fraction of sp³-hybridized carbons (Fsp3) is 0.619. The molecule has 1 saturated carbocycles. The third-order valence-electron chi connectivity index (χ3n) is 6.55. The van der Waals surface area contributed by atoms with E-state index in [0.717, 1.165) is 18.4 Å². The van der Waals surface area contributed by atoms with Crippen molar-refractivity contribution in [1.82, 2.24) is 14.7 Å². The zero-order chi connectivity index (χ0) is 19.7. The molecular formula is C21H28ClN3O3. The molecule has 1 N–H and O–H groups in total. The van der Waals surface area contributed by atoms with E-state index in [1.165, 1.54) is 24.2 Å². The van der Waals surface area contributed by atoms with Gasteiger partial charge in [-0.3, -0.25) is 0 Å². The molecule has 0 spiro atoms. The molecule has 3 fully saturated rings. The highest BCUT2D eigenvalue weighted by Crippen LogP contribution is 2.38. The summed E-state index contributed by atoms with van der Waals surface area (Å²) in [6.07, 6.45) is 6.30. The van der Waals surface area contributed by atoms with Gasteiger partial charge in [0, 0.05) is 36.7 Å². The van der Waals surface area contributed by atoms with Crippen LogP contribution in [0.25, 0.3) is 0 Å². The lowest BCUT2D eigenvalue weighted by Gasteiger charge is -2.38. The number of urea groups is 1. The number of carbonyl (C=O) groups excluding carboxylic acids is 1. The maximum Gasteiger partial charge on any atom is 0.407 e. The van der Waals surface area contributed by atoms with Crippen molar-refractivity contribution in [2.75, 3.05) is 19.6 Å². The van der Waals surface area contributed by atoms with E-state index in [2.05, 4.69) is 4.90 Å². The van der Waals surface area contributed by atoms with Crippen LogP contribution in [0.1, 0.15) is 56.6 Å². The van der Waals surface area contributed by atoms with Crippen molar-refractivity contribution in [2.45, 2.75) is 63.1 Å². The van der Waals surface area contributed by atoms with Crippen molar-refractivity contribution >= 4 is 23.7 Å². The summed E-state index contributed by atoms with van der Waals surface area (Å²) in [6, 6.07) is 8.30. The summed E-state index contributed by atoms with van der Waals surface area (Å²) < 4.78 is 0. The Bertz CT molecular complexity index is 729. The molecule has 0 radical (unpaired) electrons. The number of amides is 3. The van der Waals surface area contributed by atoms with Gasteiger partial charge in [-0.1, -0.05) is 43.0 Å². The van der Waals surface area contributed by atoms with E-state index in [1.807, 2.05) is 29.2 Å². The second kappa shape index (κ2) is 8.19. The van der Waals surface area contributed by atoms with Crippen LogP contribution in [0.5, 0.6) is 0 Å². The smallest absolute Gasteiger partial charge is 0.407 e. The monoisotopic (exact) mass is 405 g/mol. The molecule has 28 heavy (non-hydrogen) atoms. The van der Waals surface area contributed by atoms with Crippen LogP contribution in [0.15, 0.2) is 24.3 Å². The molecule has 0 aromatic heterocycles. The molecule has 2 heterocycles. The van der Waals surface area contributed by atoms with Gasteiger partial charge >= 0.3 is 12.1 Å². The number of piperidine rings is 1. The van der Waals surface area contributed by atoms with Gasteiger partial charge in [-0.05, 0) is 43.4 Å². The molecule has 1 aliphatic carbocycles. The molecule has 6 nitrogen and oxygen atoms in total. The molecule has 0 bridgehead atoms. The first kappa shape index (κ1) is 19.4. The van der Waals surface area contributed by atoms with Crippen LogP contribution in [0.2, 0.25) is 5.02 Å². The zero-order valence-corrected chi connectivity index (χ0v) is 16.9. The minimum atomic E-state index is -0.874. The first-order valence-corrected chi connectivity index (χ1v) is 10.7. The zero-order valence-electron chi connectivity index (χ0n) is 16.1. The van der Waals surface area contributed by atoms with Gasteiger partial charge in [0.05, 0.1) is 6.04 Å². The van der Waals surface area contributed by atoms with E-state index in [4.69, 9.17) is 11.6 Å². The van der Waals surface area contributed by atoms with E-state index >= 15 is 0 Å². The van der Waals surface area contributed by atoms with Crippen molar-refractivity contribution in [1.29, 1.82) is 0 Å². The highest BCUT2D eigenvalue weighted by Gasteiger charge is 2.45. The summed E-state index contributed by atoms with van der Waals surface area (Å²) in [4.78, 5) is 30.3.